The Bertz CT molecular complexity index is 151. The van der Waals surface area contributed by atoms with Crippen LogP contribution in [0.15, 0.2) is 0 Å². The molecule has 1 aliphatic carbocycles. The number of hydrogen-bond acceptors (Lipinski definition) is 2. The maximum atomic E-state index is 6.03. The Morgan fingerprint density at radius 2 is 1.85 bits per heavy atom. The molecule has 3 heteroatoms. The smallest absolute Gasteiger partial charge is 0.0174 e. The van der Waals surface area contributed by atoms with Crippen molar-refractivity contribution >= 4 is 24.2 Å². The van der Waals surface area contributed by atoms with Crippen LogP contribution in [0.4, 0.5) is 0 Å². The summed E-state index contributed by atoms with van der Waals surface area (Å²) in [4.78, 5) is 0. The van der Waals surface area contributed by atoms with Gasteiger partial charge in [-0.05, 0) is 31.4 Å². The molecular formula is C10H20ClNS. The van der Waals surface area contributed by atoms with Crippen LogP contribution in [0.1, 0.15) is 44.9 Å². The second kappa shape index (κ2) is 4.90. The van der Waals surface area contributed by atoms with Crippen LogP contribution < -0.4 is 5.73 Å². The number of halogens is 1. The fourth-order valence-electron chi connectivity index (χ4n) is 2.61. The summed E-state index contributed by atoms with van der Waals surface area (Å²) in [7, 11) is 0. The lowest BCUT2D eigenvalue weighted by molar-refractivity contribution is 0.343. The lowest BCUT2D eigenvalue weighted by Crippen LogP contribution is -2.40. The molecule has 2 N–H and O–H groups in total. The average Bonchev–Trinajstić information content (AvgIpc) is 2.05. The van der Waals surface area contributed by atoms with Gasteiger partial charge in [-0.25, -0.2) is 0 Å². The Morgan fingerprint density at radius 1 is 1.15 bits per heavy atom. The van der Waals surface area contributed by atoms with E-state index in [4.69, 9.17) is 5.73 Å². The molecular weight excluding hydrogens is 202 g/mol. The van der Waals surface area contributed by atoms with Crippen molar-refractivity contribution in [1.29, 1.82) is 0 Å². The summed E-state index contributed by atoms with van der Waals surface area (Å²) in [5, 5.41) is 0. The molecule has 0 aromatic carbocycles. The van der Waals surface area contributed by atoms with Gasteiger partial charge in [0.25, 0.3) is 0 Å². The summed E-state index contributed by atoms with van der Waals surface area (Å²) in [6.07, 6.45) is 9.75. The van der Waals surface area contributed by atoms with E-state index in [2.05, 4.69) is 11.8 Å². The van der Waals surface area contributed by atoms with Gasteiger partial charge in [0.05, 0.1) is 0 Å². The topological polar surface area (TPSA) is 26.0 Å². The second-order valence-electron chi connectivity index (χ2n) is 4.35. The third kappa shape index (κ3) is 2.77. The van der Waals surface area contributed by atoms with E-state index in [0.29, 0.717) is 10.8 Å². The van der Waals surface area contributed by atoms with E-state index in [1.165, 1.54) is 50.7 Å². The van der Waals surface area contributed by atoms with Gasteiger partial charge in [-0.2, -0.15) is 11.8 Å². The first-order valence-corrected chi connectivity index (χ1v) is 6.19. The van der Waals surface area contributed by atoms with E-state index in [1.807, 2.05) is 0 Å². The lowest BCUT2D eigenvalue weighted by Gasteiger charge is -2.42. The molecule has 0 bridgehead atoms. The molecule has 78 valence electrons. The summed E-state index contributed by atoms with van der Waals surface area (Å²) in [6.45, 7) is 0. The summed E-state index contributed by atoms with van der Waals surface area (Å²) in [6, 6.07) is 0.504. The molecule has 1 saturated heterocycles. The first kappa shape index (κ1) is 11.7. The van der Waals surface area contributed by atoms with Crippen molar-refractivity contribution in [3.63, 3.8) is 0 Å². The largest absolute Gasteiger partial charge is 0.328 e. The highest BCUT2D eigenvalue weighted by Crippen LogP contribution is 2.46. The number of nitrogens with two attached hydrogens (primary N) is 1. The molecule has 0 aromatic rings. The standard InChI is InChI=1S/C10H19NS.ClH/c11-9-4-7-12-10(8-9)5-2-1-3-6-10;/h9H,1-8,11H2;1H. The minimum absolute atomic E-state index is 0. The highest BCUT2D eigenvalue weighted by molar-refractivity contribution is 8.00. The maximum absolute atomic E-state index is 6.03. The Hall–Kier alpha value is 0.600. The van der Waals surface area contributed by atoms with E-state index < -0.39 is 0 Å². The number of hydrogen-bond donors (Lipinski definition) is 1. The zero-order valence-electron chi connectivity index (χ0n) is 8.13. The van der Waals surface area contributed by atoms with Crippen molar-refractivity contribution in [2.24, 2.45) is 5.73 Å². The number of thioether (sulfide) groups is 1. The first-order chi connectivity index (χ1) is 5.81. The van der Waals surface area contributed by atoms with Crippen molar-refractivity contribution in [1.82, 2.24) is 0 Å². The Balaban J connectivity index is 0.000000845. The van der Waals surface area contributed by atoms with Gasteiger partial charge >= 0.3 is 0 Å². The fourth-order valence-corrected chi connectivity index (χ4v) is 4.37. The van der Waals surface area contributed by atoms with Crippen molar-refractivity contribution in [2.45, 2.75) is 55.7 Å². The minimum atomic E-state index is 0. The molecule has 0 radical (unpaired) electrons. The third-order valence-corrected chi connectivity index (χ3v) is 4.92. The monoisotopic (exact) mass is 221 g/mol. The highest BCUT2D eigenvalue weighted by atomic mass is 35.5. The molecule has 0 amide bonds. The highest BCUT2D eigenvalue weighted by Gasteiger charge is 2.36. The van der Waals surface area contributed by atoms with E-state index in [1.54, 1.807) is 0 Å². The molecule has 1 nitrogen and oxygen atoms in total. The second-order valence-corrected chi connectivity index (χ2v) is 5.91. The van der Waals surface area contributed by atoms with E-state index in [-0.39, 0.29) is 12.4 Å². The molecule has 1 atom stereocenters. The van der Waals surface area contributed by atoms with Crippen molar-refractivity contribution < 1.29 is 0 Å². The van der Waals surface area contributed by atoms with Gasteiger partial charge in [-0.15, -0.1) is 12.4 Å². The first-order valence-electron chi connectivity index (χ1n) is 5.20. The van der Waals surface area contributed by atoms with Crippen molar-refractivity contribution in [2.75, 3.05) is 5.75 Å². The zero-order chi connectivity index (χ0) is 8.44. The molecule has 13 heavy (non-hydrogen) atoms. The van der Waals surface area contributed by atoms with Crippen LogP contribution in [0.25, 0.3) is 0 Å². The van der Waals surface area contributed by atoms with Gasteiger partial charge < -0.3 is 5.73 Å². The SMILES string of the molecule is Cl.NC1CCSC2(CCCCC2)C1. The van der Waals surface area contributed by atoms with Gasteiger partial charge in [-0.3, -0.25) is 0 Å². The summed E-state index contributed by atoms with van der Waals surface area (Å²) in [5.41, 5.74) is 6.03. The molecule has 2 fully saturated rings. The molecule has 1 unspecified atom stereocenters. The van der Waals surface area contributed by atoms with E-state index >= 15 is 0 Å². The summed E-state index contributed by atoms with van der Waals surface area (Å²) >= 11 is 2.21. The van der Waals surface area contributed by atoms with Gasteiger partial charge in [0.1, 0.15) is 0 Å². The summed E-state index contributed by atoms with van der Waals surface area (Å²) < 4.78 is 0.621. The predicted octanol–water partition coefficient (Wildman–Crippen LogP) is 2.97. The van der Waals surface area contributed by atoms with Crippen LogP contribution in [0.5, 0.6) is 0 Å². The Morgan fingerprint density at radius 3 is 2.46 bits per heavy atom. The van der Waals surface area contributed by atoms with Gasteiger partial charge in [0.2, 0.25) is 0 Å². The van der Waals surface area contributed by atoms with Crippen LogP contribution in [0, 0.1) is 0 Å². The third-order valence-electron chi connectivity index (χ3n) is 3.30. The molecule has 1 saturated carbocycles. The molecule has 0 aromatic heterocycles. The Kier molecular flexibility index (Phi) is 4.40. The van der Waals surface area contributed by atoms with Crippen molar-refractivity contribution in [3.05, 3.63) is 0 Å². The predicted molar refractivity (Wildman–Crippen MR) is 62.7 cm³/mol. The summed E-state index contributed by atoms with van der Waals surface area (Å²) in [5.74, 6) is 1.31. The molecule has 2 rings (SSSR count). The van der Waals surface area contributed by atoms with Gasteiger partial charge in [0, 0.05) is 10.8 Å². The van der Waals surface area contributed by atoms with Gasteiger partial charge in [0.15, 0.2) is 0 Å². The molecule has 2 aliphatic rings. The normalized spacial score (nSPS) is 32.5. The van der Waals surface area contributed by atoms with Crippen LogP contribution in [0.2, 0.25) is 0 Å². The van der Waals surface area contributed by atoms with E-state index in [9.17, 15) is 0 Å². The van der Waals surface area contributed by atoms with Gasteiger partial charge in [-0.1, -0.05) is 19.3 Å². The Labute approximate surface area is 91.6 Å². The maximum Gasteiger partial charge on any atom is 0.0174 e. The zero-order valence-corrected chi connectivity index (χ0v) is 9.76. The number of rotatable bonds is 0. The minimum Gasteiger partial charge on any atom is -0.328 e. The average molecular weight is 222 g/mol. The fraction of sp³-hybridized carbons (Fsp3) is 1.00. The van der Waals surface area contributed by atoms with Crippen LogP contribution >= 0.6 is 24.2 Å². The van der Waals surface area contributed by atoms with Crippen LogP contribution in [0.3, 0.4) is 0 Å². The lowest BCUT2D eigenvalue weighted by atomic mass is 9.83. The molecule has 1 heterocycles. The van der Waals surface area contributed by atoms with Crippen LogP contribution in [-0.2, 0) is 0 Å². The van der Waals surface area contributed by atoms with Crippen molar-refractivity contribution in [3.8, 4) is 0 Å². The van der Waals surface area contributed by atoms with E-state index in [0.717, 1.165) is 0 Å². The quantitative estimate of drug-likeness (QED) is 0.681. The molecule has 1 spiro atoms. The van der Waals surface area contributed by atoms with Crippen LogP contribution in [-0.4, -0.2) is 16.5 Å². The molecule has 1 aliphatic heterocycles.